The molecule has 1 saturated heterocycles. The molecule has 4 rings (SSSR count). The maximum atomic E-state index is 13.8. The molecule has 0 bridgehead atoms. The molecule has 0 saturated carbocycles. The molecule has 9 nitrogen and oxygen atoms in total. The zero-order valence-corrected chi connectivity index (χ0v) is 15.2. The van der Waals surface area contributed by atoms with E-state index in [0.717, 1.165) is 18.9 Å². The Morgan fingerprint density at radius 3 is 2.79 bits per heavy atom. The van der Waals surface area contributed by atoms with Crippen molar-refractivity contribution in [1.82, 2.24) is 35.1 Å². The van der Waals surface area contributed by atoms with Gasteiger partial charge in [0.2, 0.25) is 17.6 Å². The van der Waals surface area contributed by atoms with Crippen molar-refractivity contribution >= 4 is 5.91 Å². The van der Waals surface area contributed by atoms with E-state index >= 15 is 0 Å². The third-order valence-corrected chi connectivity index (χ3v) is 4.70. The number of hydrogen-bond donors (Lipinski definition) is 1. The fourth-order valence-corrected chi connectivity index (χ4v) is 3.15. The molecule has 1 aliphatic heterocycles. The number of aromatic nitrogens is 5. The van der Waals surface area contributed by atoms with Gasteiger partial charge in [0.15, 0.2) is 0 Å². The van der Waals surface area contributed by atoms with Crippen molar-refractivity contribution in [3.05, 3.63) is 48.1 Å². The monoisotopic (exact) mass is 385 g/mol. The standard InChI is InChI=1S/C18H20FN7O2/c19-14-4-2-1-3-13(14)18-22-16(28-24-18)5-6-17(27)26-9-7-25(8-10-26)11-15-20-12-21-23-15/h1-4,12H,5-11H2,(H,20,21,23). The van der Waals surface area contributed by atoms with Crippen LogP contribution in [0.25, 0.3) is 11.4 Å². The molecule has 1 aromatic carbocycles. The molecule has 1 fully saturated rings. The fraction of sp³-hybridized carbons (Fsp3) is 0.389. The molecular weight excluding hydrogens is 365 g/mol. The quantitative estimate of drug-likeness (QED) is 0.681. The van der Waals surface area contributed by atoms with Gasteiger partial charge in [-0.25, -0.2) is 9.37 Å². The van der Waals surface area contributed by atoms with Crippen molar-refractivity contribution in [2.75, 3.05) is 26.2 Å². The van der Waals surface area contributed by atoms with Crippen molar-refractivity contribution in [2.45, 2.75) is 19.4 Å². The average Bonchev–Trinajstić information content (AvgIpc) is 3.39. The topological polar surface area (TPSA) is 104 Å². The molecule has 1 amide bonds. The van der Waals surface area contributed by atoms with Gasteiger partial charge in [0.1, 0.15) is 18.0 Å². The molecule has 0 spiro atoms. The summed E-state index contributed by atoms with van der Waals surface area (Å²) in [7, 11) is 0. The second-order valence-corrected chi connectivity index (χ2v) is 6.58. The number of piperazine rings is 1. The smallest absolute Gasteiger partial charge is 0.227 e. The normalized spacial score (nSPS) is 15.1. The van der Waals surface area contributed by atoms with Gasteiger partial charge in [-0.05, 0) is 12.1 Å². The molecule has 146 valence electrons. The Kier molecular flexibility index (Phi) is 5.38. The second-order valence-electron chi connectivity index (χ2n) is 6.58. The zero-order valence-electron chi connectivity index (χ0n) is 15.2. The molecule has 0 aliphatic carbocycles. The summed E-state index contributed by atoms with van der Waals surface area (Å²) in [5, 5.41) is 10.5. The largest absolute Gasteiger partial charge is 0.340 e. The average molecular weight is 385 g/mol. The second kappa shape index (κ2) is 8.26. The SMILES string of the molecule is O=C(CCc1nc(-c2ccccc2F)no1)N1CCN(Cc2ncn[nH]2)CC1. The molecule has 3 heterocycles. The zero-order chi connectivity index (χ0) is 19.3. The molecule has 10 heteroatoms. The molecule has 2 aromatic heterocycles. The first-order chi connectivity index (χ1) is 13.7. The Bertz CT molecular complexity index is 920. The van der Waals surface area contributed by atoms with Gasteiger partial charge in [-0.1, -0.05) is 17.3 Å². The van der Waals surface area contributed by atoms with Crippen LogP contribution in [-0.4, -0.2) is 67.2 Å². The molecule has 3 aromatic rings. The van der Waals surface area contributed by atoms with Gasteiger partial charge in [-0.3, -0.25) is 14.8 Å². The molecule has 0 radical (unpaired) electrons. The highest BCUT2D eigenvalue weighted by Gasteiger charge is 2.22. The number of benzene rings is 1. The molecule has 0 atom stereocenters. The highest BCUT2D eigenvalue weighted by atomic mass is 19.1. The fourth-order valence-electron chi connectivity index (χ4n) is 3.15. The Hall–Kier alpha value is -3.14. The van der Waals surface area contributed by atoms with Crippen LogP contribution in [0, 0.1) is 5.82 Å². The summed E-state index contributed by atoms with van der Waals surface area (Å²) in [5.41, 5.74) is 0.284. The van der Waals surface area contributed by atoms with Crippen molar-refractivity contribution in [3.63, 3.8) is 0 Å². The Morgan fingerprint density at radius 1 is 1.21 bits per heavy atom. The number of carbonyl (C=O) groups is 1. The number of halogens is 1. The van der Waals surface area contributed by atoms with E-state index in [0.29, 0.717) is 31.9 Å². The summed E-state index contributed by atoms with van der Waals surface area (Å²) in [5.74, 6) is 0.984. The summed E-state index contributed by atoms with van der Waals surface area (Å²) >= 11 is 0. The van der Waals surface area contributed by atoms with E-state index in [1.165, 1.54) is 12.4 Å². The van der Waals surface area contributed by atoms with E-state index < -0.39 is 5.82 Å². The predicted molar refractivity (Wildman–Crippen MR) is 96.3 cm³/mol. The van der Waals surface area contributed by atoms with Crippen LogP contribution in [0.15, 0.2) is 35.1 Å². The van der Waals surface area contributed by atoms with Crippen molar-refractivity contribution in [2.24, 2.45) is 0 Å². The van der Waals surface area contributed by atoms with E-state index in [4.69, 9.17) is 4.52 Å². The number of aromatic amines is 1. The van der Waals surface area contributed by atoms with Gasteiger partial charge in [0.05, 0.1) is 12.1 Å². The van der Waals surface area contributed by atoms with Crippen LogP contribution >= 0.6 is 0 Å². The van der Waals surface area contributed by atoms with Gasteiger partial charge >= 0.3 is 0 Å². The Balaban J connectivity index is 1.26. The number of hydrogen-bond acceptors (Lipinski definition) is 7. The molecule has 1 N–H and O–H groups in total. The summed E-state index contributed by atoms with van der Waals surface area (Å²) < 4.78 is 19.0. The van der Waals surface area contributed by atoms with E-state index in [1.54, 1.807) is 18.2 Å². The number of nitrogens with one attached hydrogen (secondary N) is 1. The lowest BCUT2D eigenvalue weighted by Crippen LogP contribution is -2.48. The van der Waals surface area contributed by atoms with Crippen LogP contribution in [0.2, 0.25) is 0 Å². The summed E-state index contributed by atoms with van der Waals surface area (Å²) in [6, 6.07) is 6.24. The van der Waals surface area contributed by atoms with E-state index in [9.17, 15) is 9.18 Å². The lowest BCUT2D eigenvalue weighted by Gasteiger charge is -2.34. The Labute approximate surface area is 160 Å². The maximum Gasteiger partial charge on any atom is 0.227 e. The number of H-pyrrole nitrogens is 1. The first-order valence-electron chi connectivity index (χ1n) is 9.11. The maximum absolute atomic E-state index is 13.8. The minimum absolute atomic E-state index is 0.0463. The van der Waals surface area contributed by atoms with Crippen LogP contribution in [0.5, 0.6) is 0 Å². The third kappa shape index (κ3) is 4.22. The van der Waals surface area contributed by atoms with Crippen molar-refractivity contribution in [3.8, 4) is 11.4 Å². The summed E-state index contributed by atoms with van der Waals surface area (Å²) in [6.45, 7) is 3.59. The van der Waals surface area contributed by atoms with E-state index in [1.807, 2.05) is 4.90 Å². The lowest BCUT2D eigenvalue weighted by atomic mass is 10.2. The van der Waals surface area contributed by atoms with Crippen LogP contribution in [0.3, 0.4) is 0 Å². The van der Waals surface area contributed by atoms with Crippen LogP contribution in [0.1, 0.15) is 18.1 Å². The van der Waals surface area contributed by atoms with Gasteiger partial charge in [0, 0.05) is 39.0 Å². The molecule has 1 aliphatic rings. The third-order valence-electron chi connectivity index (χ3n) is 4.70. The van der Waals surface area contributed by atoms with Gasteiger partial charge < -0.3 is 9.42 Å². The minimum atomic E-state index is -0.408. The van der Waals surface area contributed by atoms with E-state index in [-0.39, 0.29) is 23.7 Å². The van der Waals surface area contributed by atoms with Crippen molar-refractivity contribution < 1.29 is 13.7 Å². The highest BCUT2D eigenvalue weighted by molar-refractivity contribution is 5.76. The summed E-state index contributed by atoms with van der Waals surface area (Å²) in [4.78, 5) is 24.8. The number of rotatable bonds is 6. The number of carbonyl (C=O) groups excluding carboxylic acids is 1. The predicted octanol–water partition coefficient (Wildman–Crippen LogP) is 1.27. The van der Waals surface area contributed by atoms with E-state index in [2.05, 4.69) is 30.2 Å². The first-order valence-corrected chi connectivity index (χ1v) is 9.11. The number of nitrogens with zero attached hydrogens (tertiary/aromatic N) is 6. The molecule has 28 heavy (non-hydrogen) atoms. The van der Waals surface area contributed by atoms with Gasteiger partial charge in [-0.2, -0.15) is 10.1 Å². The Morgan fingerprint density at radius 2 is 2.04 bits per heavy atom. The first kappa shape index (κ1) is 18.2. The lowest BCUT2D eigenvalue weighted by molar-refractivity contribution is -0.133. The van der Waals surface area contributed by atoms with Gasteiger partial charge in [-0.15, -0.1) is 0 Å². The van der Waals surface area contributed by atoms with Crippen LogP contribution < -0.4 is 0 Å². The number of aryl methyl sites for hydroxylation is 1. The van der Waals surface area contributed by atoms with Crippen LogP contribution in [0.4, 0.5) is 4.39 Å². The molecular formula is C18H20FN7O2. The summed E-state index contributed by atoms with van der Waals surface area (Å²) in [6.07, 6.45) is 2.10. The minimum Gasteiger partial charge on any atom is -0.340 e. The highest BCUT2D eigenvalue weighted by Crippen LogP contribution is 2.19. The van der Waals surface area contributed by atoms with Crippen molar-refractivity contribution in [1.29, 1.82) is 0 Å². The molecule has 0 unspecified atom stereocenters. The number of amides is 1. The van der Waals surface area contributed by atoms with Crippen LogP contribution in [-0.2, 0) is 17.8 Å². The van der Waals surface area contributed by atoms with Gasteiger partial charge in [0.25, 0.3) is 0 Å².